The maximum Gasteiger partial charge on any atom is 0.173 e. The Labute approximate surface area is 108 Å². The van der Waals surface area contributed by atoms with Crippen LogP contribution in [-0.4, -0.2) is 30.0 Å². The van der Waals surface area contributed by atoms with Crippen LogP contribution in [0.2, 0.25) is 0 Å². The van der Waals surface area contributed by atoms with Gasteiger partial charge < -0.3 is 10.6 Å². The SMILES string of the molecule is Cl.Cl.O=C(C12CC1CCN2)C12CC1CCN2. The topological polar surface area (TPSA) is 41.1 Å². The van der Waals surface area contributed by atoms with Crippen LogP contribution in [0.3, 0.4) is 0 Å². The zero-order valence-corrected chi connectivity index (χ0v) is 10.8. The minimum absolute atomic E-state index is 0. The van der Waals surface area contributed by atoms with E-state index in [1.54, 1.807) is 0 Å². The molecule has 16 heavy (non-hydrogen) atoms. The second-order valence-electron chi connectivity index (χ2n) is 5.50. The standard InChI is InChI=1S/C11H16N2O.2ClH/c14-9(10-5-7(10)1-3-12-10)11-6-8(11)2-4-13-11;;/h7-8,12-13H,1-6H2;2*1H. The van der Waals surface area contributed by atoms with Crippen molar-refractivity contribution in [2.75, 3.05) is 13.1 Å². The molecule has 4 aliphatic rings. The Kier molecular flexibility index (Phi) is 2.82. The van der Waals surface area contributed by atoms with Crippen molar-refractivity contribution in [3.05, 3.63) is 0 Å². The third-order valence-electron chi connectivity index (χ3n) is 4.89. The highest BCUT2D eigenvalue weighted by molar-refractivity contribution is 6.03. The fourth-order valence-electron chi connectivity index (χ4n) is 3.84. The summed E-state index contributed by atoms with van der Waals surface area (Å²) in [6, 6.07) is 0. The molecule has 4 atom stereocenters. The average Bonchev–Trinajstić information content (AvgIpc) is 3.01. The minimum Gasteiger partial charge on any atom is -0.305 e. The van der Waals surface area contributed by atoms with Gasteiger partial charge in [-0.1, -0.05) is 0 Å². The van der Waals surface area contributed by atoms with Crippen LogP contribution in [0, 0.1) is 11.8 Å². The van der Waals surface area contributed by atoms with Crippen molar-refractivity contribution in [2.24, 2.45) is 11.8 Å². The largest absolute Gasteiger partial charge is 0.305 e. The molecule has 2 saturated carbocycles. The van der Waals surface area contributed by atoms with Gasteiger partial charge in [0.25, 0.3) is 0 Å². The van der Waals surface area contributed by atoms with Crippen LogP contribution in [0.1, 0.15) is 25.7 Å². The molecule has 4 unspecified atom stereocenters. The maximum absolute atomic E-state index is 12.4. The number of halogens is 2. The zero-order valence-electron chi connectivity index (χ0n) is 9.12. The van der Waals surface area contributed by atoms with Gasteiger partial charge in [-0.3, -0.25) is 4.79 Å². The predicted octanol–water partition coefficient (Wildman–Crippen LogP) is 0.903. The van der Waals surface area contributed by atoms with Crippen LogP contribution in [0.5, 0.6) is 0 Å². The van der Waals surface area contributed by atoms with E-state index in [1.165, 1.54) is 12.8 Å². The van der Waals surface area contributed by atoms with E-state index in [0.29, 0.717) is 17.6 Å². The lowest BCUT2D eigenvalue weighted by Gasteiger charge is -2.19. The third kappa shape index (κ3) is 1.26. The minimum atomic E-state index is -0.0634. The molecule has 0 aromatic rings. The molecule has 2 aliphatic carbocycles. The van der Waals surface area contributed by atoms with Crippen LogP contribution in [0.4, 0.5) is 0 Å². The monoisotopic (exact) mass is 264 g/mol. The molecule has 2 N–H and O–H groups in total. The quantitative estimate of drug-likeness (QED) is 0.779. The summed E-state index contributed by atoms with van der Waals surface area (Å²) in [5.41, 5.74) is -0.127. The van der Waals surface area contributed by atoms with Crippen molar-refractivity contribution in [3.8, 4) is 0 Å². The zero-order chi connectivity index (χ0) is 9.39. The van der Waals surface area contributed by atoms with Gasteiger partial charge in [-0.25, -0.2) is 0 Å². The van der Waals surface area contributed by atoms with Gasteiger partial charge in [-0.05, 0) is 50.6 Å². The number of nitrogens with one attached hydrogen (secondary N) is 2. The van der Waals surface area contributed by atoms with Crippen molar-refractivity contribution < 1.29 is 4.79 Å². The summed E-state index contributed by atoms with van der Waals surface area (Å²) in [5.74, 6) is 1.86. The molecule has 4 rings (SSSR count). The number of fused-ring (bicyclic) bond motifs is 2. The van der Waals surface area contributed by atoms with E-state index in [-0.39, 0.29) is 35.9 Å². The van der Waals surface area contributed by atoms with E-state index < -0.39 is 0 Å². The maximum atomic E-state index is 12.4. The van der Waals surface area contributed by atoms with Gasteiger partial charge in [0.2, 0.25) is 0 Å². The third-order valence-corrected chi connectivity index (χ3v) is 4.89. The number of carbonyl (C=O) groups is 1. The molecule has 0 aromatic carbocycles. The number of rotatable bonds is 2. The lowest BCUT2D eigenvalue weighted by atomic mass is 9.99. The molecule has 5 heteroatoms. The fourth-order valence-corrected chi connectivity index (χ4v) is 3.84. The van der Waals surface area contributed by atoms with Crippen LogP contribution >= 0.6 is 24.8 Å². The molecule has 0 aromatic heterocycles. The number of piperidine rings is 2. The Bertz CT molecular complexity index is 308. The van der Waals surface area contributed by atoms with Gasteiger partial charge in [-0.15, -0.1) is 24.8 Å². The number of ketones is 1. The van der Waals surface area contributed by atoms with E-state index in [4.69, 9.17) is 0 Å². The van der Waals surface area contributed by atoms with E-state index in [0.717, 1.165) is 25.9 Å². The Morgan fingerprint density at radius 1 is 0.938 bits per heavy atom. The second-order valence-corrected chi connectivity index (χ2v) is 5.50. The number of carbonyl (C=O) groups excluding carboxylic acids is 1. The highest BCUT2D eigenvalue weighted by Crippen LogP contribution is 2.59. The van der Waals surface area contributed by atoms with Crippen molar-refractivity contribution >= 4 is 30.6 Å². The van der Waals surface area contributed by atoms with E-state index >= 15 is 0 Å². The van der Waals surface area contributed by atoms with E-state index in [2.05, 4.69) is 10.6 Å². The van der Waals surface area contributed by atoms with Gasteiger partial charge in [0.15, 0.2) is 5.78 Å². The first kappa shape index (κ1) is 12.6. The van der Waals surface area contributed by atoms with E-state index in [9.17, 15) is 4.79 Å². The Morgan fingerprint density at radius 3 is 1.62 bits per heavy atom. The average molecular weight is 265 g/mol. The van der Waals surface area contributed by atoms with E-state index in [1.807, 2.05) is 0 Å². The predicted molar refractivity (Wildman–Crippen MR) is 66.4 cm³/mol. The Balaban J connectivity index is 0.000000482. The van der Waals surface area contributed by atoms with Gasteiger partial charge >= 0.3 is 0 Å². The molecule has 0 amide bonds. The van der Waals surface area contributed by atoms with Gasteiger partial charge in [0.05, 0.1) is 11.1 Å². The lowest BCUT2D eigenvalue weighted by Crippen LogP contribution is -2.50. The second kappa shape index (κ2) is 3.58. The summed E-state index contributed by atoms with van der Waals surface area (Å²) in [7, 11) is 0. The number of hydrogen-bond acceptors (Lipinski definition) is 3. The molecule has 3 nitrogen and oxygen atoms in total. The number of Topliss-reactive ketones (excluding diaryl/α,β-unsaturated/α-hetero) is 1. The van der Waals surface area contributed by atoms with Crippen molar-refractivity contribution in [1.29, 1.82) is 0 Å². The lowest BCUT2D eigenvalue weighted by molar-refractivity contribution is -0.125. The van der Waals surface area contributed by atoms with Crippen LogP contribution in [0.15, 0.2) is 0 Å². The van der Waals surface area contributed by atoms with Crippen LogP contribution in [0.25, 0.3) is 0 Å². The molecule has 0 spiro atoms. The summed E-state index contributed by atoms with van der Waals surface area (Å²) in [5, 5.41) is 6.89. The van der Waals surface area contributed by atoms with Crippen LogP contribution in [-0.2, 0) is 4.79 Å². The van der Waals surface area contributed by atoms with Gasteiger partial charge in [0.1, 0.15) is 0 Å². The van der Waals surface area contributed by atoms with Crippen molar-refractivity contribution in [1.82, 2.24) is 10.6 Å². The summed E-state index contributed by atoms with van der Waals surface area (Å²) in [4.78, 5) is 12.4. The highest BCUT2D eigenvalue weighted by atomic mass is 35.5. The van der Waals surface area contributed by atoms with Crippen LogP contribution < -0.4 is 10.6 Å². The fraction of sp³-hybridized carbons (Fsp3) is 0.909. The molecule has 2 heterocycles. The normalized spacial score (nSPS) is 50.8. The Hall–Kier alpha value is 0.170. The molecule has 2 aliphatic heterocycles. The first-order valence-corrected chi connectivity index (χ1v) is 5.83. The van der Waals surface area contributed by atoms with Gasteiger partial charge in [-0.2, -0.15) is 0 Å². The summed E-state index contributed by atoms with van der Waals surface area (Å²) in [6.07, 6.45) is 4.66. The molecule has 4 fully saturated rings. The van der Waals surface area contributed by atoms with Crippen molar-refractivity contribution in [2.45, 2.75) is 36.8 Å². The molecule has 0 radical (unpaired) electrons. The summed E-state index contributed by atoms with van der Waals surface area (Å²) in [6.45, 7) is 2.11. The molecule has 92 valence electrons. The highest BCUT2D eigenvalue weighted by Gasteiger charge is 2.73. The molecular formula is C11H18Cl2N2O. The Morgan fingerprint density at radius 2 is 1.38 bits per heavy atom. The smallest absolute Gasteiger partial charge is 0.173 e. The molecule has 2 saturated heterocycles. The summed E-state index contributed by atoms with van der Waals surface area (Å²) < 4.78 is 0. The summed E-state index contributed by atoms with van der Waals surface area (Å²) >= 11 is 0. The van der Waals surface area contributed by atoms with Crippen molar-refractivity contribution in [3.63, 3.8) is 0 Å². The number of hydrogen-bond donors (Lipinski definition) is 2. The first-order chi connectivity index (χ1) is 6.78. The molecule has 0 bridgehead atoms. The molecular weight excluding hydrogens is 247 g/mol. The van der Waals surface area contributed by atoms with Gasteiger partial charge in [0, 0.05) is 0 Å². The first-order valence-electron chi connectivity index (χ1n) is 5.83.